The minimum absolute atomic E-state index is 0.160. The molecule has 1 nitrogen and oxygen atoms in total. The second-order valence-electron chi connectivity index (χ2n) is 2.14. The first kappa shape index (κ1) is 9.26. The molecule has 0 radical (unpaired) electrons. The lowest BCUT2D eigenvalue weighted by Gasteiger charge is -2.03. The van der Waals surface area contributed by atoms with Crippen LogP contribution in [0.25, 0.3) is 0 Å². The van der Waals surface area contributed by atoms with E-state index in [1.54, 1.807) is 0 Å². The Bertz CT molecular complexity index is 245. The molecule has 0 N–H and O–H groups in total. The monoisotopic (exact) mass is 192 g/mol. The van der Waals surface area contributed by atoms with Gasteiger partial charge in [0.25, 0.3) is 0 Å². The Balaban J connectivity index is 2.72. The van der Waals surface area contributed by atoms with Gasteiger partial charge in [0.1, 0.15) is 24.0 Å². The molecular formula is C8H7ClF2O. The Morgan fingerprint density at radius 2 is 1.75 bits per heavy atom. The molecule has 1 aromatic carbocycles. The number of alkyl halides is 1. The molecule has 0 saturated heterocycles. The SMILES string of the molecule is Fc1cc(F)cc(OCCCl)c1. The summed E-state index contributed by atoms with van der Waals surface area (Å²) in [6.07, 6.45) is 0. The van der Waals surface area contributed by atoms with Gasteiger partial charge in [-0.25, -0.2) is 8.78 Å². The van der Waals surface area contributed by atoms with Gasteiger partial charge in [-0.3, -0.25) is 0 Å². The molecule has 1 aromatic rings. The standard InChI is InChI=1S/C8H7ClF2O/c9-1-2-12-8-4-6(10)3-7(11)5-8/h3-5H,1-2H2. The number of hydrogen-bond acceptors (Lipinski definition) is 1. The highest BCUT2D eigenvalue weighted by Gasteiger charge is 2.00. The van der Waals surface area contributed by atoms with Gasteiger partial charge < -0.3 is 4.74 Å². The van der Waals surface area contributed by atoms with E-state index in [-0.39, 0.29) is 18.2 Å². The highest BCUT2D eigenvalue weighted by atomic mass is 35.5. The van der Waals surface area contributed by atoms with Gasteiger partial charge in [-0.1, -0.05) is 0 Å². The first-order chi connectivity index (χ1) is 5.72. The van der Waals surface area contributed by atoms with E-state index in [4.69, 9.17) is 16.3 Å². The molecular weight excluding hydrogens is 186 g/mol. The summed E-state index contributed by atoms with van der Waals surface area (Å²) in [7, 11) is 0. The maximum Gasteiger partial charge on any atom is 0.129 e. The molecule has 0 heterocycles. The van der Waals surface area contributed by atoms with Crippen molar-refractivity contribution in [3.8, 4) is 5.75 Å². The van der Waals surface area contributed by atoms with Crippen molar-refractivity contribution in [2.45, 2.75) is 0 Å². The van der Waals surface area contributed by atoms with Gasteiger partial charge >= 0.3 is 0 Å². The average molecular weight is 193 g/mol. The Hall–Kier alpha value is -0.830. The fourth-order valence-electron chi connectivity index (χ4n) is 0.768. The van der Waals surface area contributed by atoms with Crippen LogP contribution in [0.4, 0.5) is 8.78 Å². The van der Waals surface area contributed by atoms with E-state index < -0.39 is 11.6 Å². The zero-order valence-corrected chi connectivity index (χ0v) is 6.94. The van der Waals surface area contributed by atoms with Gasteiger partial charge in [0.15, 0.2) is 0 Å². The number of halogens is 3. The Kier molecular flexibility index (Phi) is 3.29. The predicted molar refractivity (Wildman–Crippen MR) is 42.6 cm³/mol. The molecule has 0 aliphatic rings. The van der Waals surface area contributed by atoms with E-state index in [0.717, 1.165) is 18.2 Å². The molecule has 0 aromatic heterocycles. The third-order valence-electron chi connectivity index (χ3n) is 1.18. The van der Waals surface area contributed by atoms with E-state index in [2.05, 4.69) is 0 Å². The van der Waals surface area contributed by atoms with Crippen molar-refractivity contribution in [1.82, 2.24) is 0 Å². The first-order valence-corrected chi connectivity index (χ1v) is 3.90. The predicted octanol–water partition coefficient (Wildman–Crippen LogP) is 2.58. The zero-order valence-electron chi connectivity index (χ0n) is 6.19. The van der Waals surface area contributed by atoms with Crippen molar-refractivity contribution in [3.05, 3.63) is 29.8 Å². The van der Waals surface area contributed by atoms with E-state index in [9.17, 15) is 8.78 Å². The largest absolute Gasteiger partial charge is 0.492 e. The van der Waals surface area contributed by atoms with Crippen LogP contribution in [-0.2, 0) is 0 Å². The summed E-state index contributed by atoms with van der Waals surface area (Å²) in [6, 6.07) is 3.00. The van der Waals surface area contributed by atoms with Crippen LogP contribution in [0.15, 0.2) is 18.2 Å². The molecule has 1 rings (SSSR count). The summed E-state index contributed by atoms with van der Waals surface area (Å²) in [5.41, 5.74) is 0. The topological polar surface area (TPSA) is 9.23 Å². The number of rotatable bonds is 3. The smallest absolute Gasteiger partial charge is 0.129 e. The van der Waals surface area contributed by atoms with Crippen LogP contribution in [0, 0.1) is 11.6 Å². The second kappa shape index (κ2) is 4.26. The Labute approximate surface area is 73.9 Å². The highest BCUT2D eigenvalue weighted by Crippen LogP contribution is 2.14. The van der Waals surface area contributed by atoms with Crippen LogP contribution in [0.5, 0.6) is 5.75 Å². The van der Waals surface area contributed by atoms with Crippen LogP contribution in [0.2, 0.25) is 0 Å². The summed E-state index contributed by atoms with van der Waals surface area (Å²) in [4.78, 5) is 0. The molecule has 0 fully saturated rings. The number of hydrogen-bond donors (Lipinski definition) is 0. The molecule has 0 aliphatic carbocycles. The van der Waals surface area contributed by atoms with E-state index in [0.29, 0.717) is 0 Å². The molecule has 0 atom stereocenters. The van der Waals surface area contributed by atoms with Crippen molar-refractivity contribution in [2.24, 2.45) is 0 Å². The lowest BCUT2D eigenvalue weighted by atomic mass is 10.3. The van der Waals surface area contributed by atoms with Crippen molar-refractivity contribution >= 4 is 11.6 Å². The Morgan fingerprint density at radius 3 is 2.25 bits per heavy atom. The molecule has 4 heteroatoms. The van der Waals surface area contributed by atoms with Gasteiger partial charge in [-0.15, -0.1) is 11.6 Å². The first-order valence-electron chi connectivity index (χ1n) is 3.37. The molecule has 0 aliphatic heterocycles. The van der Waals surface area contributed by atoms with Crippen LogP contribution in [-0.4, -0.2) is 12.5 Å². The lowest BCUT2D eigenvalue weighted by molar-refractivity contribution is 0.338. The molecule has 0 unspecified atom stereocenters. The Morgan fingerprint density at radius 1 is 1.17 bits per heavy atom. The summed E-state index contributed by atoms with van der Waals surface area (Å²) in [5.74, 6) is -0.856. The van der Waals surface area contributed by atoms with E-state index in [1.165, 1.54) is 0 Å². The molecule has 12 heavy (non-hydrogen) atoms. The van der Waals surface area contributed by atoms with Crippen molar-refractivity contribution < 1.29 is 13.5 Å². The minimum atomic E-state index is -0.653. The second-order valence-corrected chi connectivity index (χ2v) is 2.52. The molecule has 0 bridgehead atoms. The van der Waals surface area contributed by atoms with Crippen LogP contribution >= 0.6 is 11.6 Å². The third-order valence-corrected chi connectivity index (χ3v) is 1.34. The van der Waals surface area contributed by atoms with Gasteiger partial charge in [0.05, 0.1) is 5.88 Å². The van der Waals surface area contributed by atoms with Gasteiger partial charge in [-0.2, -0.15) is 0 Å². The van der Waals surface area contributed by atoms with Crippen LogP contribution < -0.4 is 4.74 Å². The lowest BCUT2D eigenvalue weighted by Crippen LogP contribution is -1.98. The van der Waals surface area contributed by atoms with Crippen LogP contribution in [0.1, 0.15) is 0 Å². The number of ether oxygens (including phenoxy) is 1. The summed E-state index contributed by atoms with van der Waals surface area (Å²) >= 11 is 5.32. The van der Waals surface area contributed by atoms with Crippen molar-refractivity contribution in [3.63, 3.8) is 0 Å². The maximum absolute atomic E-state index is 12.5. The van der Waals surface area contributed by atoms with E-state index >= 15 is 0 Å². The van der Waals surface area contributed by atoms with E-state index in [1.807, 2.05) is 0 Å². The molecule has 66 valence electrons. The summed E-state index contributed by atoms with van der Waals surface area (Å²) < 4.78 is 29.9. The molecule has 0 amide bonds. The highest BCUT2D eigenvalue weighted by molar-refractivity contribution is 6.17. The fourth-order valence-corrected chi connectivity index (χ4v) is 0.845. The van der Waals surface area contributed by atoms with Gasteiger partial charge in [0.2, 0.25) is 0 Å². The van der Waals surface area contributed by atoms with Gasteiger partial charge in [-0.05, 0) is 0 Å². The average Bonchev–Trinajstić information content (AvgIpc) is 1.99. The van der Waals surface area contributed by atoms with Crippen molar-refractivity contribution in [1.29, 1.82) is 0 Å². The summed E-state index contributed by atoms with van der Waals surface area (Å²) in [5, 5.41) is 0. The summed E-state index contributed by atoms with van der Waals surface area (Å²) in [6.45, 7) is 0.241. The molecule has 0 spiro atoms. The molecule has 0 saturated carbocycles. The third kappa shape index (κ3) is 2.66. The maximum atomic E-state index is 12.5. The zero-order chi connectivity index (χ0) is 8.97. The van der Waals surface area contributed by atoms with Crippen molar-refractivity contribution in [2.75, 3.05) is 12.5 Å². The quantitative estimate of drug-likeness (QED) is 0.669. The fraction of sp³-hybridized carbons (Fsp3) is 0.250. The van der Waals surface area contributed by atoms with Crippen LogP contribution in [0.3, 0.4) is 0 Å². The minimum Gasteiger partial charge on any atom is -0.492 e. The number of benzene rings is 1. The normalized spacial score (nSPS) is 9.92. The van der Waals surface area contributed by atoms with Gasteiger partial charge in [0, 0.05) is 18.2 Å².